The largest absolute Gasteiger partial charge is 0.333 e. The number of hydrogen-bond acceptors (Lipinski definition) is 4. The summed E-state index contributed by atoms with van der Waals surface area (Å²) in [5.74, 6) is 0.147. The van der Waals surface area contributed by atoms with Crippen LogP contribution in [0.1, 0.15) is 19.3 Å². The van der Waals surface area contributed by atoms with Crippen molar-refractivity contribution >= 4 is 5.78 Å². The molecule has 70 valence electrons. The Morgan fingerprint density at radius 1 is 1.42 bits per heavy atom. The fraction of sp³-hybridized carbons (Fsp3) is 0.875. The lowest BCUT2D eigenvalue weighted by atomic mass is 10.3. The Kier molecular flexibility index (Phi) is 3.65. The molecule has 1 aliphatic carbocycles. The minimum Gasteiger partial charge on any atom is -0.333 e. The Hall–Kier alpha value is -0.450. The second-order valence-electron chi connectivity index (χ2n) is 2.74. The monoisotopic (exact) mass is 174 g/mol. The zero-order chi connectivity index (χ0) is 8.97. The molecular weight excluding hydrogens is 160 g/mol. The number of carbonyl (C=O) groups is 1. The lowest BCUT2D eigenvalue weighted by Crippen LogP contribution is -2.27. The van der Waals surface area contributed by atoms with Crippen molar-refractivity contribution in [2.24, 2.45) is 0 Å². The van der Waals surface area contributed by atoms with Crippen LogP contribution in [0.5, 0.6) is 0 Å². The molecule has 1 rings (SSSR count). The van der Waals surface area contributed by atoms with Gasteiger partial charge in [0.05, 0.1) is 0 Å². The molecule has 0 spiro atoms. The van der Waals surface area contributed by atoms with Gasteiger partial charge in [-0.05, 0) is 12.8 Å². The molecule has 0 aromatic carbocycles. The van der Waals surface area contributed by atoms with Crippen LogP contribution in [0.4, 0.5) is 0 Å². The van der Waals surface area contributed by atoms with E-state index in [1.807, 2.05) is 0 Å². The van der Waals surface area contributed by atoms with E-state index in [9.17, 15) is 4.79 Å². The molecule has 0 heterocycles. The summed E-state index contributed by atoms with van der Waals surface area (Å²) in [4.78, 5) is 11.1. The minimum absolute atomic E-state index is 0.147. The summed E-state index contributed by atoms with van der Waals surface area (Å²) in [5.41, 5.74) is 0. The Balaban J connectivity index is 2.33. The average Bonchev–Trinajstić information content (AvgIpc) is 2.47. The van der Waals surface area contributed by atoms with Crippen LogP contribution in [0.3, 0.4) is 0 Å². The minimum atomic E-state index is -0.711. The van der Waals surface area contributed by atoms with Gasteiger partial charge >= 0.3 is 0 Å². The van der Waals surface area contributed by atoms with Crippen molar-refractivity contribution in [3.63, 3.8) is 0 Å². The Labute approximate surface area is 71.8 Å². The zero-order valence-corrected chi connectivity index (χ0v) is 7.41. The Morgan fingerprint density at radius 2 is 2.08 bits per heavy atom. The third kappa shape index (κ3) is 2.27. The molecule has 1 fully saturated rings. The number of methoxy groups -OCH3 is 2. The standard InChI is InChI=1S/C8H14O4/c1-10-8(11-2)12-7-5-3-4-6(7)9/h7-8H,3-5H2,1-2H3. The molecule has 4 nitrogen and oxygen atoms in total. The predicted octanol–water partition coefficient (Wildman–Crippen LogP) is 0.701. The van der Waals surface area contributed by atoms with Crippen LogP contribution >= 0.6 is 0 Å². The third-order valence-electron chi connectivity index (χ3n) is 1.91. The van der Waals surface area contributed by atoms with Crippen molar-refractivity contribution < 1.29 is 19.0 Å². The summed E-state index contributed by atoms with van der Waals surface area (Å²) in [6.45, 7) is -0.711. The van der Waals surface area contributed by atoms with Gasteiger partial charge in [0.1, 0.15) is 6.10 Å². The van der Waals surface area contributed by atoms with Gasteiger partial charge in [0, 0.05) is 20.6 Å². The van der Waals surface area contributed by atoms with E-state index in [2.05, 4.69) is 0 Å². The number of Topliss-reactive ketones (excluding diaryl/α,β-unsaturated/α-hetero) is 1. The van der Waals surface area contributed by atoms with Crippen LogP contribution < -0.4 is 0 Å². The van der Waals surface area contributed by atoms with Crippen LogP contribution in [0.15, 0.2) is 0 Å². The number of ether oxygens (including phenoxy) is 3. The summed E-state index contributed by atoms with van der Waals surface area (Å²) >= 11 is 0. The summed E-state index contributed by atoms with van der Waals surface area (Å²) in [7, 11) is 2.96. The van der Waals surface area contributed by atoms with E-state index in [1.165, 1.54) is 14.2 Å². The molecule has 0 aromatic rings. The molecule has 1 saturated carbocycles. The fourth-order valence-electron chi connectivity index (χ4n) is 1.27. The fourth-order valence-corrected chi connectivity index (χ4v) is 1.27. The molecule has 0 radical (unpaired) electrons. The molecule has 1 aliphatic rings. The normalized spacial score (nSPS) is 23.9. The third-order valence-corrected chi connectivity index (χ3v) is 1.91. The maximum atomic E-state index is 11.1. The van der Waals surface area contributed by atoms with E-state index in [1.54, 1.807) is 0 Å². The highest BCUT2D eigenvalue weighted by atomic mass is 16.8. The summed E-state index contributed by atoms with van der Waals surface area (Å²) in [6, 6.07) is 0. The predicted molar refractivity (Wildman–Crippen MR) is 41.5 cm³/mol. The molecule has 4 heteroatoms. The number of hydrogen-bond donors (Lipinski definition) is 0. The van der Waals surface area contributed by atoms with Crippen LogP contribution in [-0.2, 0) is 19.0 Å². The van der Waals surface area contributed by atoms with Gasteiger partial charge in [0.2, 0.25) is 0 Å². The Morgan fingerprint density at radius 3 is 2.50 bits per heavy atom. The van der Waals surface area contributed by atoms with E-state index in [0.29, 0.717) is 6.42 Å². The van der Waals surface area contributed by atoms with Crippen molar-refractivity contribution in [1.29, 1.82) is 0 Å². The van der Waals surface area contributed by atoms with Gasteiger partial charge in [-0.1, -0.05) is 0 Å². The number of ketones is 1. The first-order chi connectivity index (χ1) is 5.77. The van der Waals surface area contributed by atoms with E-state index < -0.39 is 6.48 Å². The first-order valence-electron chi connectivity index (χ1n) is 4.01. The van der Waals surface area contributed by atoms with Gasteiger partial charge < -0.3 is 14.2 Å². The van der Waals surface area contributed by atoms with Gasteiger partial charge in [-0.2, -0.15) is 0 Å². The highest BCUT2D eigenvalue weighted by Crippen LogP contribution is 2.19. The first-order valence-corrected chi connectivity index (χ1v) is 4.01. The van der Waals surface area contributed by atoms with Crippen molar-refractivity contribution in [3.8, 4) is 0 Å². The van der Waals surface area contributed by atoms with Gasteiger partial charge in [-0.15, -0.1) is 0 Å². The zero-order valence-electron chi connectivity index (χ0n) is 7.41. The second-order valence-corrected chi connectivity index (χ2v) is 2.74. The molecule has 0 aromatic heterocycles. The Bertz CT molecular complexity index is 153. The van der Waals surface area contributed by atoms with E-state index in [4.69, 9.17) is 14.2 Å². The summed E-state index contributed by atoms with van der Waals surface area (Å²) in [6.07, 6.45) is 1.98. The first kappa shape index (κ1) is 9.64. The van der Waals surface area contributed by atoms with Gasteiger partial charge in [-0.25, -0.2) is 0 Å². The second kappa shape index (κ2) is 4.54. The van der Waals surface area contributed by atoms with Gasteiger partial charge in [0.15, 0.2) is 5.78 Å². The van der Waals surface area contributed by atoms with Crippen LogP contribution in [0.25, 0.3) is 0 Å². The van der Waals surface area contributed by atoms with Crippen molar-refractivity contribution in [2.75, 3.05) is 14.2 Å². The van der Waals surface area contributed by atoms with E-state index in [-0.39, 0.29) is 11.9 Å². The quantitative estimate of drug-likeness (QED) is 0.588. The number of carbonyl (C=O) groups excluding carboxylic acids is 1. The summed E-state index contributed by atoms with van der Waals surface area (Å²) < 4.78 is 14.9. The lowest BCUT2D eigenvalue weighted by molar-refractivity contribution is -0.278. The lowest BCUT2D eigenvalue weighted by Gasteiger charge is -2.17. The van der Waals surface area contributed by atoms with Gasteiger partial charge in [0.25, 0.3) is 6.48 Å². The molecular formula is C8H14O4. The number of rotatable bonds is 4. The SMILES string of the molecule is COC(OC)OC1CCCC1=O. The molecule has 0 amide bonds. The highest BCUT2D eigenvalue weighted by Gasteiger charge is 2.27. The molecule has 12 heavy (non-hydrogen) atoms. The maximum Gasteiger partial charge on any atom is 0.271 e. The van der Waals surface area contributed by atoms with E-state index in [0.717, 1.165) is 12.8 Å². The van der Waals surface area contributed by atoms with Crippen molar-refractivity contribution in [2.45, 2.75) is 31.8 Å². The van der Waals surface area contributed by atoms with Gasteiger partial charge in [-0.3, -0.25) is 4.79 Å². The average molecular weight is 174 g/mol. The summed E-state index contributed by atoms with van der Waals surface area (Å²) in [5, 5.41) is 0. The molecule has 0 aliphatic heterocycles. The van der Waals surface area contributed by atoms with Crippen LogP contribution in [0, 0.1) is 0 Å². The van der Waals surface area contributed by atoms with Crippen LogP contribution in [-0.4, -0.2) is 32.6 Å². The van der Waals surface area contributed by atoms with Crippen LogP contribution in [0.2, 0.25) is 0 Å². The van der Waals surface area contributed by atoms with Crippen molar-refractivity contribution in [1.82, 2.24) is 0 Å². The highest BCUT2D eigenvalue weighted by molar-refractivity contribution is 5.84. The maximum absolute atomic E-state index is 11.1. The molecule has 0 bridgehead atoms. The molecule has 1 unspecified atom stereocenters. The smallest absolute Gasteiger partial charge is 0.271 e. The topological polar surface area (TPSA) is 44.8 Å². The molecule has 0 saturated heterocycles. The van der Waals surface area contributed by atoms with Crippen molar-refractivity contribution in [3.05, 3.63) is 0 Å². The molecule has 1 atom stereocenters. The van der Waals surface area contributed by atoms with E-state index >= 15 is 0 Å². The molecule has 0 N–H and O–H groups in total.